The minimum absolute atomic E-state index is 0.295. The van der Waals surface area contributed by atoms with Gasteiger partial charge in [-0.2, -0.15) is 0 Å². The van der Waals surface area contributed by atoms with E-state index in [0.717, 1.165) is 4.70 Å². The number of hydrogen-bond acceptors (Lipinski definition) is 8. The first-order valence-corrected chi connectivity index (χ1v) is 11.2. The molecule has 0 radical (unpaired) electrons. The molecule has 4 rings (SSSR count). The van der Waals surface area contributed by atoms with Gasteiger partial charge in [0.05, 0.1) is 38.7 Å². The zero-order chi connectivity index (χ0) is 24.9. The minimum Gasteiger partial charge on any atom is -0.493 e. The van der Waals surface area contributed by atoms with Crippen molar-refractivity contribution in [2.75, 3.05) is 39.1 Å². The number of methoxy groups -OCH3 is 4. The van der Waals surface area contributed by atoms with Gasteiger partial charge < -0.3 is 24.3 Å². The van der Waals surface area contributed by atoms with E-state index in [2.05, 4.69) is 15.6 Å². The van der Waals surface area contributed by atoms with Gasteiger partial charge in [0.25, 0.3) is 11.8 Å². The van der Waals surface area contributed by atoms with Gasteiger partial charge in [-0.15, -0.1) is 0 Å². The van der Waals surface area contributed by atoms with Crippen molar-refractivity contribution >= 4 is 44.2 Å². The third kappa shape index (κ3) is 5.12. The van der Waals surface area contributed by atoms with Gasteiger partial charge in [-0.05, 0) is 54.6 Å². The number of aromatic nitrogens is 1. The molecule has 0 saturated carbocycles. The first kappa shape index (κ1) is 23.8. The number of ether oxygens (including phenoxy) is 4. The van der Waals surface area contributed by atoms with E-state index in [1.807, 2.05) is 0 Å². The van der Waals surface area contributed by atoms with Crippen LogP contribution in [0, 0.1) is 0 Å². The van der Waals surface area contributed by atoms with Gasteiger partial charge in [0, 0.05) is 16.8 Å². The highest BCUT2D eigenvalue weighted by atomic mass is 32.1. The summed E-state index contributed by atoms with van der Waals surface area (Å²) in [5.41, 5.74) is 2.13. The standard InChI is InChI=1S/C25H23N3O6S/c1-31-18-9-5-14(11-20(18)33-3)23(29)26-16-7-8-17-22(13-16)35-25(27-17)28-24(30)15-6-10-19(32-2)21(12-15)34-4/h5-13H,1-4H3,(H,26,29)(H,27,28,30). The van der Waals surface area contributed by atoms with Crippen LogP contribution in [0.1, 0.15) is 20.7 Å². The summed E-state index contributed by atoms with van der Waals surface area (Å²) < 4.78 is 21.8. The zero-order valence-electron chi connectivity index (χ0n) is 19.5. The molecule has 0 aliphatic carbocycles. The van der Waals surface area contributed by atoms with Crippen LogP contribution in [0.3, 0.4) is 0 Å². The van der Waals surface area contributed by atoms with E-state index in [1.165, 1.54) is 39.8 Å². The van der Waals surface area contributed by atoms with Crippen molar-refractivity contribution in [3.63, 3.8) is 0 Å². The van der Waals surface area contributed by atoms with E-state index in [-0.39, 0.29) is 11.8 Å². The Morgan fingerprint density at radius 3 is 1.77 bits per heavy atom. The first-order chi connectivity index (χ1) is 16.9. The molecule has 9 nitrogen and oxygen atoms in total. The predicted molar refractivity (Wildman–Crippen MR) is 135 cm³/mol. The van der Waals surface area contributed by atoms with Gasteiger partial charge >= 0.3 is 0 Å². The molecule has 10 heteroatoms. The lowest BCUT2D eigenvalue weighted by Crippen LogP contribution is -2.12. The molecule has 180 valence electrons. The monoisotopic (exact) mass is 493 g/mol. The van der Waals surface area contributed by atoms with Crippen LogP contribution in [-0.2, 0) is 0 Å². The highest BCUT2D eigenvalue weighted by Gasteiger charge is 2.15. The lowest BCUT2D eigenvalue weighted by Gasteiger charge is -2.10. The number of amides is 2. The average Bonchev–Trinajstić information content (AvgIpc) is 3.29. The largest absolute Gasteiger partial charge is 0.493 e. The Kier molecular flexibility index (Phi) is 7.02. The van der Waals surface area contributed by atoms with Crippen LogP contribution >= 0.6 is 11.3 Å². The molecule has 0 fully saturated rings. The number of hydrogen-bond donors (Lipinski definition) is 2. The second kappa shape index (κ2) is 10.3. The number of carbonyl (C=O) groups is 2. The summed E-state index contributed by atoms with van der Waals surface area (Å²) in [4.78, 5) is 29.9. The molecule has 4 aromatic rings. The summed E-state index contributed by atoms with van der Waals surface area (Å²) in [7, 11) is 6.09. The second-order valence-corrected chi connectivity index (χ2v) is 8.28. The van der Waals surface area contributed by atoms with E-state index >= 15 is 0 Å². The predicted octanol–water partition coefficient (Wildman–Crippen LogP) is 4.84. The summed E-state index contributed by atoms with van der Waals surface area (Å²) >= 11 is 1.30. The Hall–Kier alpha value is -4.31. The molecule has 2 amide bonds. The van der Waals surface area contributed by atoms with Crippen molar-refractivity contribution in [2.24, 2.45) is 0 Å². The highest BCUT2D eigenvalue weighted by molar-refractivity contribution is 7.22. The fourth-order valence-electron chi connectivity index (χ4n) is 3.38. The van der Waals surface area contributed by atoms with Crippen LogP contribution < -0.4 is 29.6 Å². The van der Waals surface area contributed by atoms with E-state index < -0.39 is 0 Å². The number of carbonyl (C=O) groups excluding carboxylic acids is 2. The number of anilines is 2. The molecule has 0 unspecified atom stereocenters. The number of nitrogens with zero attached hydrogens (tertiary/aromatic N) is 1. The van der Waals surface area contributed by atoms with E-state index in [1.54, 1.807) is 54.6 Å². The first-order valence-electron chi connectivity index (χ1n) is 10.4. The summed E-state index contributed by atoms with van der Waals surface area (Å²) in [6.45, 7) is 0. The fourth-order valence-corrected chi connectivity index (χ4v) is 4.28. The maximum absolute atomic E-state index is 12.7. The third-order valence-corrected chi connectivity index (χ3v) is 6.09. The van der Waals surface area contributed by atoms with Gasteiger partial charge in [0.15, 0.2) is 28.1 Å². The Bertz CT molecular complexity index is 1330. The van der Waals surface area contributed by atoms with Crippen molar-refractivity contribution in [3.05, 3.63) is 65.7 Å². The third-order valence-electron chi connectivity index (χ3n) is 5.16. The van der Waals surface area contributed by atoms with Gasteiger partial charge in [-0.1, -0.05) is 11.3 Å². The van der Waals surface area contributed by atoms with Crippen molar-refractivity contribution in [1.82, 2.24) is 4.98 Å². The molecular weight excluding hydrogens is 470 g/mol. The number of fused-ring (bicyclic) bond motifs is 1. The maximum atomic E-state index is 12.7. The summed E-state index contributed by atoms with van der Waals surface area (Å²) in [6, 6.07) is 15.2. The van der Waals surface area contributed by atoms with Crippen molar-refractivity contribution in [3.8, 4) is 23.0 Å². The molecule has 1 heterocycles. The lowest BCUT2D eigenvalue weighted by atomic mass is 10.2. The molecule has 35 heavy (non-hydrogen) atoms. The topological polar surface area (TPSA) is 108 Å². The Morgan fingerprint density at radius 1 is 0.686 bits per heavy atom. The molecule has 0 saturated heterocycles. The summed E-state index contributed by atoms with van der Waals surface area (Å²) in [6.07, 6.45) is 0. The molecule has 3 aromatic carbocycles. The van der Waals surface area contributed by atoms with Crippen molar-refractivity contribution in [2.45, 2.75) is 0 Å². The number of thiazole rings is 1. The Labute approximate surface area is 205 Å². The van der Waals surface area contributed by atoms with Gasteiger partial charge in [0.1, 0.15) is 0 Å². The Morgan fingerprint density at radius 2 is 1.23 bits per heavy atom. The maximum Gasteiger partial charge on any atom is 0.257 e. The van der Waals surface area contributed by atoms with Crippen LogP contribution in [0.15, 0.2) is 54.6 Å². The summed E-state index contributed by atoms with van der Waals surface area (Å²) in [5.74, 6) is 1.38. The molecule has 0 atom stereocenters. The normalized spacial score (nSPS) is 10.5. The molecule has 2 N–H and O–H groups in total. The van der Waals surface area contributed by atoms with E-state index in [9.17, 15) is 9.59 Å². The molecular formula is C25H23N3O6S. The number of benzene rings is 3. The van der Waals surface area contributed by atoms with Crippen LogP contribution in [0.2, 0.25) is 0 Å². The van der Waals surface area contributed by atoms with Crippen LogP contribution in [0.5, 0.6) is 23.0 Å². The van der Waals surface area contributed by atoms with Crippen molar-refractivity contribution in [1.29, 1.82) is 0 Å². The van der Waals surface area contributed by atoms with E-state index in [0.29, 0.717) is 50.5 Å². The van der Waals surface area contributed by atoms with Gasteiger partial charge in [-0.25, -0.2) is 4.98 Å². The molecule has 0 aliphatic rings. The number of rotatable bonds is 8. The van der Waals surface area contributed by atoms with Crippen LogP contribution in [-0.4, -0.2) is 45.2 Å². The Balaban J connectivity index is 1.49. The highest BCUT2D eigenvalue weighted by Crippen LogP contribution is 2.31. The zero-order valence-corrected chi connectivity index (χ0v) is 20.3. The van der Waals surface area contributed by atoms with Crippen LogP contribution in [0.25, 0.3) is 10.2 Å². The molecule has 0 spiro atoms. The summed E-state index contributed by atoms with van der Waals surface area (Å²) in [5, 5.41) is 6.11. The molecule has 1 aromatic heterocycles. The average molecular weight is 494 g/mol. The fraction of sp³-hybridized carbons (Fsp3) is 0.160. The second-order valence-electron chi connectivity index (χ2n) is 7.25. The van der Waals surface area contributed by atoms with E-state index in [4.69, 9.17) is 18.9 Å². The number of nitrogens with one attached hydrogen (secondary N) is 2. The lowest BCUT2D eigenvalue weighted by molar-refractivity contribution is 0.101. The molecule has 0 aliphatic heterocycles. The quantitative estimate of drug-likeness (QED) is 0.362. The molecule has 0 bridgehead atoms. The van der Waals surface area contributed by atoms with Gasteiger partial charge in [0.2, 0.25) is 0 Å². The smallest absolute Gasteiger partial charge is 0.257 e. The SMILES string of the molecule is COc1ccc(C(=O)Nc2ccc3nc(NC(=O)c4ccc(OC)c(OC)c4)sc3c2)cc1OC. The van der Waals surface area contributed by atoms with Crippen molar-refractivity contribution < 1.29 is 28.5 Å². The van der Waals surface area contributed by atoms with Gasteiger partial charge in [-0.3, -0.25) is 14.9 Å². The minimum atomic E-state index is -0.327. The van der Waals surface area contributed by atoms with Crippen LogP contribution in [0.4, 0.5) is 10.8 Å².